The molecule has 0 bridgehead atoms. The van der Waals surface area contributed by atoms with Crippen LogP contribution in [-0.2, 0) is 0 Å². The number of hydrogen-bond acceptors (Lipinski definition) is 2. The molecule has 3 nitrogen and oxygen atoms in total. The summed E-state index contributed by atoms with van der Waals surface area (Å²) in [4.78, 5) is 0. The molecule has 0 atom stereocenters. The Bertz CT molecular complexity index is 579. The van der Waals surface area contributed by atoms with E-state index in [2.05, 4.69) is 40.9 Å². The van der Waals surface area contributed by atoms with Gasteiger partial charge < -0.3 is 0 Å². The Labute approximate surface area is 109 Å². The normalized spacial score (nSPS) is 10.5. The number of benzene rings is 1. The molecule has 4 heteroatoms. The number of halogens is 1. The Morgan fingerprint density at radius 3 is 2.76 bits per heavy atom. The molecular formula is C13H12BrN3. The Hall–Kier alpha value is -1.60. The smallest absolute Gasteiger partial charge is 0.103 e. The second kappa shape index (κ2) is 4.72. The van der Waals surface area contributed by atoms with Gasteiger partial charge in [0, 0.05) is 4.47 Å². The van der Waals surface area contributed by atoms with Gasteiger partial charge in [0.15, 0.2) is 0 Å². The predicted molar refractivity (Wildman–Crippen MR) is 70.1 cm³/mol. The number of aromatic nitrogens is 2. The molecule has 0 aliphatic heterocycles. The van der Waals surface area contributed by atoms with Crippen LogP contribution >= 0.6 is 15.9 Å². The fourth-order valence-electron chi connectivity index (χ4n) is 1.81. The molecule has 0 fully saturated rings. The van der Waals surface area contributed by atoms with Crippen LogP contribution in [0, 0.1) is 11.3 Å². The summed E-state index contributed by atoms with van der Waals surface area (Å²) < 4.78 is 2.83. The number of nitrogens with zero attached hydrogens (tertiary/aromatic N) is 3. The van der Waals surface area contributed by atoms with Gasteiger partial charge in [-0.25, -0.2) is 4.68 Å². The second-order valence-electron chi connectivity index (χ2n) is 4.10. The fourth-order valence-corrected chi connectivity index (χ4v) is 2.20. The second-order valence-corrected chi connectivity index (χ2v) is 5.02. The van der Waals surface area contributed by atoms with Crippen molar-refractivity contribution in [3.05, 3.63) is 46.2 Å². The van der Waals surface area contributed by atoms with Crippen molar-refractivity contribution in [1.82, 2.24) is 9.78 Å². The van der Waals surface area contributed by atoms with Crippen molar-refractivity contribution in [2.75, 3.05) is 0 Å². The minimum absolute atomic E-state index is 0.256. The van der Waals surface area contributed by atoms with Gasteiger partial charge in [0.05, 0.1) is 23.1 Å². The maximum absolute atomic E-state index is 9.07. The van der Waals surface area contributed by atoms with Gasteiger partial charge in [0.25, 0.3) is 0 Å². The van der Waals surface area contributed by atoms with Gasteiger partial charge in [-0.2, -0.15) is 10.4 Å². The summed E-state index contributed by atoms with van der Waals surface area (Å²) in [5.41, 5.74) is 2.55. The van der Waals surface area contributed by atoms with Crippen LogP contribution in [0.1, 0.15) is 31.0 Å². The zero-order valence-electron chi connectivity index (χ0n) is 9.68. The van der Waals surface area contributed by atoms with Crippen molar-refractivity contribution in [1.29, 1.82) is 5.26 Å². The molecule has 1 heterocycles. The molecular weight excluding hydrogens is 278 g/mol. The molecule has 1 aromatic heterocycles. The first-order valence-electron chi connectivity index (χ1n) is 5.37. The molecule has 0 aliphatic rings. The van der Waals surface area contributed by atoms with Gasteiger partial charge in [-0.3, -0.25) is 0 Å². The van der Waals surface area contributed by atoms with Crippen LogP contribution in [0.2, 0.25) is 0 Å². The lowest BCUT2D eigenvalue weighted by atomic mass is 10.1. The summed E-state index contributed by atoms with van der Waals surface area (Å²) in [5, 5.41) is 13.4. The monoisotopic (exact) mass is 289 g/mol. The average Bonchev–Trinajstić information content (AvgIpc) is 2.72. The molecule has 2 aromatic rings. The fraction of sp³-hybridized carbons (Fsp3) is 0.231. The lowest BCUT2D eigenvalue weighted by Crippen LogP contribution is -2.04. The van der Waals surface area contributed by atoms with Gasteiger partial charge in [0.2, 0.25) is 0 Å². The first-order chi connectivity index (χ1) is 8.13. The summed E-state index contributed by atoms with van der Waals surface area (Å²) in [6.07, 6.45) is 1.62. The standard InChI is InChI=1S/C13H12BrN3/c1-9(2)13-10(7-15)8-16-17(13)12-5-3-4-11(14)6-12/h3-6,8-9H,1-2H3. The van der Waals surface area contributed by atoms with Gasteiger partial charge in [-0.15, -0.1) is 0 Å². The minimum Gasteiger partial charge on any atom is -0.236 e. The average molecular weight is 290 g/mol. The molecule has 0 unspecified atom stereocenters. The molecule has 1 aromatic carbocycles. The molecule has 17 heavy (non-hydrogen) atoms. The van der Waals surface area contributed by atoms with E-state index >= 15 is 0 Å². The van der Waals surface area contributed by atoms with Crippen molar-refractivity contribution in [2.45, 2.75) is 19.8 Å². The van der Waals surface area contributed by atoms with Crippen molar-refractivity contribution >= 4 is 15.9 Å². The molecule has 0 radical (unpaired) electrons. The zero-order valence-corrected chi connectivity index (χ0v) is 11.3. The summed E-state index contributed by atoms with van der Waals surface area (Å²) in [5.74, 6) is 0.256. The molecule has 0 spiro atoms. The van der Waals surface area contributed by atoms with Crippen LogP contribution in [0.25, 0.3) is 5.69 Å². The van der Waals surface area contributed by atoms with Crippen molar-refractivity contribution in [3.63, 3.8) is 0 Å². The minimum atomic E-state index is 0.256. The third-order valence-corrected chi connectivity index (χ3v) is 3.02. The Kier molecular flexibility index (Phi) is 3.30. The highest BCUT2D eigenvalue weighted by Crippen LogP contribution is 2.23. The zero-order chi connectivity index (χ0) is 12.4. The highest BCUT2D eigenvalue weighted by molar-refractivity contribution is 9.10. The maximum atomic E-state index is 9.07. The first-order valence-corrected chi connectivity index (χ1v) is 6.16. The Balaban J connectivity index is 2.61. The van der Waals surface area contributed by atoms with E-state index in [0.29, 0.717) is 5.56 Å². The SMILES string of the molecule is CC(C)c1c(C#N)cnn1-c1cccc(Br)c1. The predicted octanol–water partition coefficient (Wildman–Crippen LogP) is 3.63. The van der Waals surface area contributed by atoms with Gasteiger partial charge in [0.1, 0.15) is 6.07 Å². The number of nitriles is 1. The van der Waals surface area contributed by atoms with E-state index in [1.807, 2.05) is 28.9 Å². The van der Waals surface area contributed by atoms with E-state index in [1.165, 1.54) is 0 Å². The largest absolute Gasteiger partial charge is 0.236 e. The maximum Gasteiger partial charge on any atom is 0.103 e. The Morgan fingerprint density at radius 1 is 1.41 bits per heavy atom. The summed E-state index contributed by atoms with van der Waals surface area (Å²) in [7, 11) is 0. The van der Waals surface area contributed by atoms with Crippen molar-refractivity contribution in [3.8, 4) is 11.8 Å². The van der Waals surface area contributed by atoms with Gasteiger partial charge in [-0.1, -0.05) is 35.8 Å². The van der Waals surface area contributed by atoms with Gasteiger partial charge >= 0.3 is 0 Å². The molecule has 0 aliphatic carbocycles. The number of hydrogen-bond donors (Lipinski definition) is 0. The molecule has 0 N–H and O–H groups in total. The Morgan fingerprint density at radius 2 is 2.18 bits per heavy atom. The van der Waals surface area contributed by atoms with E-state index in [0.717, 1.165) is 15.9 Å². The van der Waals surface area contributed by atoms with Crippen LogP contribution in [0.5, 0.6) is 0 Å². The molecule has 0 saturated carbocycles. The van der Waals surface area contributed by atoms with E-state index < -0.39 is 0 Å². The summed E-state index contributed by atoms with van der Waals surface area (Å²) >= 11 is 3.44. The van der Waals surface area contributed by atoms with Gasteiger partial charge in [-0.05, 0) is 24.1 Å². The molecule has 86 valence electrons. The van der Waals surface area contributed by atoms with Crippen LogP contribution in [0.15, 0.2) is 34.9 Å². The third kappa shape index (κ3) is 2.25. The molecule has 2 rings (SSSR count). The number of rotatable bonds is 2. The van der Waals surface area contributed by atoms with Crippen molar-refractivity contribution in [2.24, 2.45) is 0 Å². The molecule has 0 saturated heterocycles. The van der Waals surface area contributed by atoms with E-state index in [1.54, 1.807) is 6.20 Å². The topological polar surface area (TPSA) is 41.6 Å². The van der Waals surface area contributed by atoms with Crippen LogP contribution in [0.3, 0.4) is 0 Å². The molecule has 0 amide bonds. The van der Waals surface area contributed by atoms with Crippen LogP contribution in [0.4, 0.5) is 0 Å². The third-order valence-electron chi connectivity index (χ3n) is 2.53. The highest BCUT2D eigenvalue weighted by atomic mass is 79.9. The lowest BCUT2D eigenvalue weighted by molar-refractivity contribution is 0.732. The van der Waals surface area contributed by atoms with E-state index in [-0.39, 0.29) is 5.92 Å². The van der Waals surface area contributed by atoms with E-state index in [9.17, 15) is 0 Å². The quantitative estimate of drug-likeness (QED) is 0.847. The summed E-state index contributed by atoms with van der Waals surface area (Å²) in [6, 6.07) is 10.1. The lowest BCUT2D eigenvalue weighted by Gasteiger charge is -2.10. The van der Waals surface area contributed by atoms with Crippen LogP contribution in [-0.4, -0.2) is 9.78 Å². The summed E-state index contributed by atoms with van der Waals surface area (Å²) in [6.45, 7) is 4.12. The highest BCUT2D eigenvalue weighted by Gasteiger charge is 2.15. The van der Waals surface area contributed by atoms with Crippen molar-refractivity contribution < 1.29 is 0 Å². The van der Waals surface area contributed by atoms with E-state index in [4.69, 9.17) is 5.26 Å². The first kappa shape index (κ1) is 11.9. The van der Waals surface area contributed by atoms with Crippen LogP contribution < -0.4 is 0 Å².